The van der Waals surface area contributed by atoms with Crippen molar-refractivity contribution < 1.29 is 14.3 Å². The van der Waals surface area contributed by atoms with Crippen LogP contribution in [0, 0.1) is 0 Å². The molecule has 1 aliphatic carbocycles. The van der Waals surface area contributed by atoms with E-state index in [4.69, 9.17) is 4.74 Å². The van der Waals surface area contributed by atoms with E-state index in [9.17, 15) is 9.59 Å². The highest BCUT2D eigenvalue weighted by molar-refractivity contribution is 6.24. The highest BCUT2D eigenvalue weighted by atomic mass is 16.5. The first-order valence-corrected chi connectivity index (χ1v) is 7.91. The van der Waals surface area contributed by atoms with Gasteiger partial charge in [0, 0.05) is 18.0 Å². The smallest absolute Gasteiger partial charge is 0.213 e. The third kappa shape index (κ3) is 3.08. The fraction of sp³-hybridized carbons (Fsp3) is 0. The molecule has 0 saturated heterocycles. The fourth-order valence-electron chi connectivity index (χ4n) is 2.58. The van der Waals surface area contributed by atoms with E-state index in [1.807, 2.05) is 30.3 Å². The van der Waals surface area contributed by atoms with E-state index in [0.29, 0.717) is 11.4 Å². The van der Waals surface area contributed by atoms with Crippen molar-refractivity contribution in [3.8, 4) is 11.5 Å². The fourth-order valence-corrected chi connectivity index (χ4v) is 2.58. The highest BCUT2D eigenvalue weighted by Gasteiger charge is 2.27. The number of para-hydroxylation sites is 1. The maximum Gasteiger partial charge on any atom is 0.213 e. The molecule has 0 aliphatic heterocycles. The molecule has 2 aromatic carbocycles. The average Bonchev–Trinajstić information content (AvgIpc) is 2.68. The molecule has 1 aromatic heterocycles. The second-order valence-corrected chi connectivity index (χ2v) is 5.60. The first-order valence-electron chi connectivity index (χ1n) is 7.91. The molecule has 3 aromatic rings. The minimum Gasteiger partial charge on any atom is -0.457 e. The summed E-state index contributed by atoms with van der Waals surface area (Å²) in [6, 6.07) is 16.5. The summed E-state index contributed by atoms with van der Waals surface area (Å²) in [5.74, 6) is 0.763. The van der Waals surface area contributed by atoms with Crippen LogP contribution in [0.5, 0.6) is 11.5 Å². The number of hydrogen-bond donors (Lipinski definition) is 1. The average molecular weight is 343 g/mol. The van der Waals surface area contributed by atoms with Gasteiger partial charge in [-0.1, -0.05) is 18.2 Å². The number of nitrogens with zero attached hydrogens (tertiary/aromatic N) is 2. The van der Waals surface area contributed by atoms with Crippen molar-refractivity contribution in [1.29, 1.82) is 0 Å². The third-order valence-corrected chi connectivity index (χ3v) is 3.82. The first-order chi connectivity index (χ1) is 12.7. The number of hydrogen-bond acceptors (Lipinski definition) is 6. The van der Waals surface area contributed by atoms with Crippen LogP contribution in [0.1, 0.15) is 20.8 Å². The molecule has 126 valence electrons. The van der Waals surface area contributed by atoms with Crippen molar-refractivity contribution in [1.82, 2.24) is 9.97 Å². The maximum absolute atomic E-state index is 12.5. The van der Waals surface area contributed by atoms with Crippen LogP contribution in [0.2, 0.25) is 0 Å². The van der Waals surface area contributed by atoms with Crippen LogP contribution in [0.15, 0.2) is 78.9 Å². The summed E-state index contributed by atoms with van der Waals surface area (Å²) < 4.78 is 5.73. The first kappa shape index (κ1) is 15.7. The van der Waals surface area contributed by atoms with Gasteiger partial charge in [0.25, 0.3) is 0 Å². The van der Waals surface area contributed by atoms with Crippen molar-refractivity contribution >= 4 is 17.3 Å². The van der Waals surface area contributed by atoms with Crippen LogP contribution in [-0.4, -0.2) is 21.5 Å². The minimum atomic E-state index is -0.325. The quantitative estimate of drug-likeness (QED) is 0.779. The summed E-state index contributed by atoms with van der Waals surface area (Å²) in [4.78, 5) is 32.3. The Morgan fingerprint density at radius 1 is 0.885 bits per heavy atom. The molecule has 26 heavy (non-hydrogen) atoms. The summed E-state index contributed by atoms with van der Waals surface area (Å²) >= 11 is 0. The molecule has 6 nitrogen and oxygen atoms in total. The number of anilines is 1. The van der Waals surface area contributed by atoms with Crippen molar-refractivity contribution in [3.63, 3.8) is 0 Å². The highest BCUT2D eigenvalue weighted by Crippen LogP contribution is 2.25. The zero-order valence-electron chi connectivity index (χ0n) is 13.5. The minimum absolute atomic E-state index is 0.127. The maximum atomic E-state index is 12.5. The normalized spacial score (nSPS) is 13.0. The second kappa shape index (κ2) is 6.60. The molecule has 0 amide bonds. The van der Waals surface area contributed by atoms with E-state index < -0.39 is 0 Å². The molecule has 1 aliphatic rings. The molecule has 4 rings (SSSR count). The van der Waals surface area contributed by atoms with Crippen LogP contribution in [0.25, 0.3) is 0 Å². The number of Topliss-reactive ketones (excluding diaryl/α,β-unsaturated/α-hetero) is 1. The molecule has 0 fully saturated rings. The lowest BCUT2D eigenvalue weighted by Gasteiger charge is -2.15. The SMILES string of the molecule is O=C1C(Nc2ccc(Oc3ccccc3)cc2)=CC(=O)c2ncncc21. The van der Waals surface area contributed by atoms with Crippen molar-refractivity contribution in [2.24, 2.45) is 0 Å². The molecule has 1 heterocycles. The number of carbonyl (C=O) groups excluding carboxylic acids is 2. The molecule has 1 N–H and O–H groups in total. The Morgan fingerprint density at radius 3 is 2.38 bits per heavy atom. The van der Waals surface area contributed by atoms with Gasteiger partial charge in [-0.3, -0.25) is 9.59 Å². The largest absolute Gasteiger partial charge is 0.457 e. The van der Waals surface area contributed by atoms with E-state index in [-0.39, 0.29) is 28.5 Å². The Labute approximate surface area is 149 Å². The summed E-state index contributed by atoms with van der Waals surface area (Å²) in [5.41, 5.74) is 1.18. The zero-order valence-corrected chi connectivity index (χ0v) is 13.5. The molecule has 0 atom stereocenters. The molecule has 0 unspecified atom stereocenters. The Morgan fingerprint density at radius 2 is 1.62 bits per heavy atom. The zero-order chi connectivity index (χ0) is 17.9. The molecular formula is C20H13N3O3. The number of aromatic nitrogens is 2. The van der Waals surface area contributed by atoms with Gasteiger partial charge in [-0.2, -0.15) is 0 Å². The van der Waals surface area contributed by atoms with Crippen molar-refractivity contribution in [3.05, 3.63) is 90.2 Å². The topological polar surface area (TPSA) is 81.2 Å². The van der Waals surface area contributed by atoms with E-state index >= 15 is 0 Å². The van der Waals surface area contributed by atoms with Gasteiger partial charge in [0.15, 0.2) is 0 Å². The standard InChI is InChI=1S/C20H13N3O3/c24-18-10-17(20(25)16-11-21-12-22-19(16)18)23-13-6-8-15(9-7-13)26-14-4-2-1-3-5-14/h1-12,23H. The second-order valence-electron chi connectivity index (χ2n) is 5.60. The predicted octanol–water partition coefficient (Wildman–Crippen LogP) is 3.64. The van der Waals surface area contributed by atoms with Crippen LogP contribution in [-0.2, 0) is 0 Å². The Balaban J connectivity index is 1.51. The number of fused-ring (bicyclic) bond motifs is 1. The third-order valence-electron chi connectivity index (χ3n) is 3.82. The van der Waals surface area contributed by atoms with Gasteiger partial charge in [0.05, 0.1) is 11.3 Å². The van der Waals surface area contributed by atoms with E-state index in [1.54, 1.807) is 24.3 Å². The number of ether oxygens (including phenoxy) is 1. The lowest BCUT2D eigenvalue weighted by Crippen LogP contribution is -2.22. The molecule has 0 spiro atoms. The molecule has 0 saturated carbocycles. The predicted molar refractivity (Wildman–Crippen MR) is 95.4 cm³/mol. The van der Waals surface area contributed by atoms with E-state index in [2.05, 4.69) is 15.3 Å². The van der Waals surface area contributed by atoms with Crippen LogP contribution in [0.3, 0.4) is 0 Å². The van der Waals surface area contributed by atoms with Crippen molar-refractivity contribution in [2.75, 3.05) is 5.32 Å². The number of allylic oxidation sites excluding steroid dienone is 2. The molecule has 0 radical (unpaired) electrons. The van der Waals surface area contributed by atoms with Gasteiger partial charge in [-0.25, -0.2) is 9.97 Å². The number of ketones is 2. The Bertz CT molecular complexity index is 1010. The lowest BCUT2D eigenvalue weighted by atomic mass is 9.98. The summed E-state index contributed by atoms with van der Waals surface area (Å²) in [7, 11) is 0. The summed E-state index contributed by atoms with van der Waals surface area (Å²) in [6.45, 7) is 0. The number of benzene rings is 2. The van der Waals surface area contributed by atoms with Crippen LogP contribution < -0.4 is 10.1 Å². The summed E-state index contributed by atoms with van der Waals surface area (Å²) in [6.07, 6.45) is 3.86. The van der Waals surface area contributed by atoms with Gasteiger partial charge in [-0.15, -0.1) is 0 Å². The van der Waals surface area contributed by atoms with E-state index in [0.717, 1.165) is 5.75 Å². The molecular weight excluding hydrogens is 330 g/mol. The van der Waals surface area contributed by atoms with E-state index in [1.165, 1.54) is 18.6 Å². The van der Waals surface area contributed by atoms with Crippen LogP contribution in [0.4, 0.5) is 5.69 Å². The number of rotatable bonds is 4. The van der Waals surface area contributed by atoms with Gasteiger partial charge in [0.2, 0.25) is 11.6 Å². The van der Waals surface area contributed by atoms with Gasteiger partial charge in [-0.05, 0) is 36.4 Å². The number of carbonyl (C=O) groups is 2. The van der Waals surface area contributed by atoms with Crippen molar-refractivity contribution in [2.45, 2.75) is 0 Å². The molecule has 6 heteroatoms. The summed E-state index contributed by atoms with van der Waals surface area (Å²) in [5, 5.41) is 2.97. The lowest BCUT2D eigenvalue weighted by molar-refractivity contribution is 0.0981. The molecule has 0 bridgehead atoms. The van der Waals surface area contributed by atoms with Gasteiger partial charge >= 0.3 is 0 Å². The monoisotopic (exact) mass is 343 g/mol. The Hall–Kier alpha value is -3.80. The Kier molecular flexibility index (Phi) is 3.99. The van der Waals surface area contributed by atoms with Crippen LogP contribution >= 0.6 is 0 Å². The van der Waals surface area contributed by atoms with Gasteiger partial charge < -0.3 is 10.1 Å². The number of nitrogens with one attached hydrogen (secondary N) is 1. The van der Waals surface area contributed by atoms with Gasteiger partial charge in [0.1, 0.15) is 23.5 Å².